The Hall–Kier alpha value is -1.88. The van der Waals surface area contributed by atoms with Gasteiger partial charge in [0.15, 0.2) is 0 Å². The molecule has 1 saturated heterocycles. The second kappa shape index (κ2) is 6.52. The largest absolute Gasteiger partial charge is 0.465 e. The molecule has 0 aliphatic carbocycles. The third kappa shape index (κ3) is 3.36. The van der Waals surface area contributed by atoms with Crippen molar-refractivity contribution in [2.24, 2.45) is 5.92 Å². The van der Waals surface area contributed by atoms with Crippen LogP contribution in [0.5, 0.6) is 0 Å². The highest BCUT2D eigenvalue weighted by Gasteiger charge is 2.22. The number of methoxy groups -OCH3 is 1. The van der Waals surface area contributed by atoms with Crippen molar-refractivity contribution in [3.8, 4) is 0 Å². The first-order valence-corrected chi connectivity index (χ1v) is 6.82. The molecule has 0 bridgehead atoms. The Morgan fingerprint density at radius 2 is 2.20 bits per heavy atom. The van der Waals surface area contributed by atoms with Crippen LogP contribution < -0.4 is 10.6 Å². The van der Waals surface area contributed by atoms with Crippen LogP contribution in [0.4, 0.5) is 5.69 Å². The fourth-order valence-electron chi connectivity index (χ4n) is 2.36. The van der Waals surface area contributed by atoms with Crippen molar-refractivity contribution >= 4 is 17.6 Å². The highest BCUT2D eigenvalue weighted by atomic mass is 16.5. The molecule has 5 nitrogen and oxygen atoms in total. The molecule has 0 saturated carbocycles. The molecule has 20 heavy (non-hydrogen) atoms. The van der Waals surface area contributed by atoms with Gasteiger partial charge in [0.25, 0.3) is 0 Å². The van der Waals surface area contributed by atoms with Gasteiger partial charge in [-0.05, 0) is 38.4 Å². The predicted molar refractivity (Wildman–Crippen MR) is 76.7 cm³/mol. The molecular formula is C15H20N2O3. The SMILES string of the molecule is COC(=O)c1cc(C)ccc1NC(=O)C1CCCNC1. The number of carbonyl (C=O) groups excluding carboxylic acids is 2. The lowest BCUT2D eigenvalue weighted by Gasteiger charge is -2.22. The summed E-state index contributed by atoms with van der Waals surface area (Å²) in [5.74, 6) is -0.535. The van der Waals surface area contributed by atoms with E-state index in [1.54, 1.807) is 12.1 Å². The van der Waals surface area contributed by atoms with Gasteiger partial charge in [-0.1, -0.05) is 11.6 Å². The summed E-state index contributed by atoms with van der Waals surface area (Å²) in [5.41, 5.74) is 1.85. The number of aryl methyl sites for hydroxylation is 1. The van der Waals surface area contributed by atoms with Gasteiger partial charge in [0.05, 0.1) is 24.3 Å². The third-order valence-electron chi connectivity index (χ3n) is 3.51. The number of carbonyl (C=O) groups is 2. The Morgan fingerprint density at radius 1 is 1.40 bits per heavy atom. The Morgan fingerprint density at radius 3 is 2.85 bits per heavy atom. The molecule has 1 fully saturated rings. The van der Waals surface area contributed by atoms with Crippen LogP contribution >= 0.6 is 0 Å². The van der Waals surface area contributed by atoms with Gasteiger partial charge in [0, 0.05) is 6.54 Å². The van der Waals surface area contributed by atoms with E-state index in [0.29, 0.717) is 17.8 Å². The first-order chi connectivity index (χ1) is 9.61. The van der Waals surface area contributed by atoms with Crippen LogP contribution in [0.1, 0.15) is 28.8 Å². The quantitative estimate of drug-likeness (QED) is 0.825. The summed E-state index contributed by atoms with van der Waals surface area (Å²) in [4.78, 5) is 24.0. The topological polar surface area (TPSA) is 67.4 Å². The van der Waals surface area contributed by atoms with Crippen molar-refractivity contribution in [3.05, 3.63) is 29.3 Å². The Bertz CT molecular complexity index is 508. The summed E-state index contributed by atoms with van der Waals surface area (Å²) in [5, 5.41) is 6.05. The second-order valence-corrected chi connectivity index (χ2v) is 5.07. The zero-order valence-electron chi connectivity index (χ0n) is 11.9. The normalized spacial score (nSPS) is 18.4. The standard InChI is InChI=1S/C15H20N2O3/c1-10-5-6-13(12(8-10)15(19)20-2)17-14(18)11-4-3-7-16-9-11/h5-6,8,11,16H,3-4,7,9H2,1-2H3,(H,17,18). The van der Waals surface area contributed by atoms with E-state index in [1.165, 1.54) is 7.11 Å². The van der Waals surface area contributed by atoms with E-state index in [-0.39, 0.29) is 11.8 Å². The van der Waals surface area contributed by atoms with Crippen molar-refractivity contribution in [2.45, 2.75) is 19.8 Å². The first-order valence-electron chi connectivity index (χ1n) is 6.82. The number of rotatable bonds is 3. The van der Waals surface area contributed by atoms with Crippen molar-refractivity contribution < 1.29 is 14.3 Å². The molecule has 0 radical (unpaired) electrons. The lowest BCUT2D eigenvalue weighted by Crippen LogP contribution is -2.37. The molecule has 108 valence electrons. The molecule has 1 aromatic carbocycles. The van der Waals surface area contributed by atoms with Crippen molar-refractivity contribution in [1.29, 1.82) is 0 Å². The number of benzene rings is 1. The van der Waals surface area contributed by atoms with E-state index >= 15 is 0 Å². The lowest BCUT2D eigenvalue weighted by atomic mass is 9.98. The van der Waals surface area contributed by atoms with Crippen LogP contribution in [0.15, 0.2) is 18.2 Å². The molecule has 1 amide bonds. The predicted octanol–water partition coefficient (Wildman–Crippen LogP) is 1.72. The van der Waals surface area contributed by atoms with E-state index < -0.39 is 5.97 Å². The molecule has 1 aliphatic rings. The number of hydrogen-bond acceptors (Lipinski definition) is 4. The first kappa shape index (κ1) is 14.5. The average molecular weight is 276 g/mol. The molecule has 5 heteroatoms. The van der Waals surface area contributed by atoms with E-state index in [2.05, 4.69) is 10.6 Å². The number of ether oxygens (including phenoxy) is 1. The van der Waals surface area contributed by atoms with Crippen molar-refractivity contribution in [1.82, 2.24) is 5.32 Å². The van der Waals surface area contributed by atoms with Crippen LogP contribution in [0.25, 0.3) is 0 Å². The highest BCUT2D eigenvalue weighted by molar-refractivity contribution is 6.02. The Kier molecular flexibility index (Phi) is 4.74. The van der Waals surface area contributed by atoms with Gasteiger partial charge >= 0.3 is 5.97 Å². The molecule has 1 aromatic rings. The van der Waals surface area contributed by atoms with Crippen LogP contribution in [-0.4, -0.2) is 32.1 Å². The summed E-state index contributed by atoms with van der Waals surface area (Å²) in [6.07, 6.45) is 1.87. The monoisotopic (exact) mass is 276 g/mol. The maximum absolute atomic E-state index is 12.2. The van der Waals surface area contributed by atoms with Gasteiger partial charge in [-0.3, -0.25) is 4.79 Å². The molecule has 2 rings (SSSR count). The van der Waals surface area contributed by atoms with Crippen LogP contribution in [0, 0.1) is 12.8 Å². The second-order valence-electron chi connectivity index (χ2n) is 5.07. The van der Waals surface area contributed by atoms with E-state index in [9.17, 15) is 9.59 Å². The fourth-order valence-corrected chi connectivity index (χ4v) is 2.36. The van der Waals surface area contributed by atoms with Crippen LogP contribution in [0.2, 0.25) is 0 Å². The molecule has 0 spiro atoms. The summed E-state index contributed by atoms with van der Waals surface area (Å²) >= 11 is 0. The number of amides is 1. The van der Waals surface area contributed by atoms with E-state index in [1.807, 2.05) is 13.0 Å². The average Bonchev–Trinajstić information content (AvgIpc) is 2.49. The van der Waals surface area contributed by atoms with Crippen LogP contribution in [0.3, 0.4) is 0 Å². The number of piperidine rings is 1. The van der Waals surface area contributed by atoms with E-state index in [4.69, 9.17) is 4.74 Å². The minimum Gasteiger partial charge on any atom is -0.465 e. The summed E-state index contributed by atoms with van der Waals surface area (Å²) < 4.78 is 4.76. The molecule has 0 aromatic heterocycles. The number of esters is 1. The minimum absolute atomic E-state index is 0.0458. The summed E-state index contributed by atoms with van der Waals surface area (Å²) in [7, 11) is 1.33. The lowest BCUT2D eigenvalue weighted by molar-refractivity contribution is -0.120. The van der Waals surface area contributed by atoms with Crippen molar-refractivity contribution in [2.75, 3.05) is 25.5 Å². The summed E-state index contributed by atoms with van der Waals surface area (Å²) in [6.45, 7) is 3.54. The van der Waals surface area contributed by atoms with E-state index in [0.717, 1.165) is 24.9 Å². The molecule has 2 N–H and O–H groups in total. The number of nitrogens with one attached hydrogen (secondary N) is 2. The third-order valence-corrected chi connectivity index (χ3v) is 3.51. The maximum Gasteiger partial charge on any atom is 0.339 e. The maximum atomic E-state index is 12.2. The Balaban J connectivity index is 2.15. The molecule has 1 unspecified atom stereocenters. The molecule has 1 atom stereocenters. The zero-order valence-corrected chi connectivity index (χ0v) is 11.9. The smallest absolute Gasteiger partial charge is 0.339 e. The Labute approximate surface area is 118 Å². The number of anilines is 1. The van der Waals surface area contributed by atoms with Gasteiger partial charge in [0.2, 0.25) is 5.91 Å². The molecule has 1 heterocycles. The van der Waals surface area contributed by atoms with Gasteiger partial charge in [-0.15, -0.1) is 0 Å². The van der Waals surface area contributed by atoms with Gasteiger partial charge in [-0.2, -0.15) is 0 Å². The minimum atomic E-state index is -0.439. The van der Waals surface area contributed by atoms with Gasteiger partial charge < -0.3 is 15.4 Å². The zero-order chi connectivity index (χ0) is 14.5. The molecular weight excluding hydrogens is 256 g/mol. The van der Waals surface area contributed by atoms with Gasteiger partial charge in [0.1, 0.15) is 0 Å². The highest BCUT2D eigenvalue weighted by Crippen LogP contribution is 2.20. The number of hydrogen-bond donors (Lipinski definition) is 2. The molecule has 1 aliphatic heterocycles. The van der Waals surface area contributed by atoms with Crippen molar-refractivity contribution in [3.63, 3.8) is 0 Å². The fraction of sp³-hybridized carbons (Fsp3) is 0.467. The van der Waals surface area contributed by atoms with Crippen LogP contribution in [-0.2, 0) is 9.53 Å². The van der Waals surface area contributed by atoms with Gasteiger partial charge in [-0.25, -0.2) is 4.79 Å². The summed E-state index contributed by atoms with van der Waals surface area (Å²) in [6, 6.07) is 5.33.